The minimum absolute atomic E-state index is 0.0248. The summed E-state index contributed by atoms with van der Waals surface area (Å²) in [4.78, 5) is 12.2. The van der Waals surface area contributed by atoms with Crippen LogP contribution < -0.4 is 10.1 Å². The maximum Gasteiger partial charge on any atom is 0.262 e. The molecule has 134 valence electrons. The highest BCUT2D eigenvalue weighted by atomic mass is 79.9. The topological polar surface area (TPSA) is 56.2 Å². The predicted molar refractivity (Wildman–Crippen MR) is 101 cm³/mol. The van der Waals surface area contributed by atoms with Crippen LogP contribution in [0.2, 0.25) is 0 Å². The molecule has 3 aromatic rings. The summed E-state index contributed by atoms with van der Waals surface area (Å²) in [6, 6.07) is 14.0. The fraction of sp³-hybridized carbons (Fsp3) is 0.158. The van der Waals surface area contributed by atoms with E-state index in [1.54, 1.807) is 10.7 Å². The molecule has 0 unspecified atom stereocenters. The molecule has 1 N–H and O–H groups in total. The van der Waals surface area contributed by atoms with Gasteiger partial charge in [-0.2, -0.15) is 5.10 Å². The van der Waals surface area contributed by atoms with Crippen LogP contribution in [0.5, 0.6) is 5.75 Å². The Hall–Kier alpha value is -2.67. The summed E-state index contributed by atoms with van der Waals surface area (Å²) in [5.41, 5.74) is 3.02. The molecule has 26 heavy (non-hydrogen) atoms. The van der Waals surface area contributed by atoms with Crippen LogP contribution in [0, 0.1) is 19.7 Å². The van der Waals surface area contributed by atoms with Crippen molar-refractivity contribution in [3.05, 3.63) is 70.2 Å². The predicted octanol–water partition coefficient (Wildman–Crippen LogP) is 4.41. The van der Waals surface area contributed by atoms with Gasteiger partial charge in [-0.05, 0) is 44.2 Å². The first-order valence-corrected chi connectivity index (χ1v) is 8.74. The van der Waals surface area contributed by atoms with Gasteiger partial charge >= 0.3 is 0 Å². The fourth-order valence-corrected chi connectivity index (χ4v) is 2.89. The van der Waals surface area contributed by atoms with E-state index in [4.69, 9.17) is 4.74 Å². The van der Waals surface area contributed by atoms with Crippen molar-refractivity contribution in [3.63, 3.8) is 0 Å². The summed E-state index contributed by atoms with van der Waals surface area (Å²) in [5.74, 6) is -0.890. The first-order valence-electron chi connectivity index (χ1n) is 7.95. The molecule has 1 aromatic heterocycles. The molecule has 3 rings (SSSR count). The van der Waals surface area contributed by atoms with Crippen LogP contribution in [-0.2, 0) is 4.79 Å². The number of amides is 1. The molecule has 2 aromatic carbocycles. The largest absolute Gasteiger partial charge is 0.481 e. The van der Waals surface area contributed by atoms with Gasteiger partial charge in [0.1, 0.15) is 0 Å². The van der Waals surface area contributed by atoms with Crippen molar-refractivity contribution in [2.45, 2.75) is 13.8 Å². The summed E-state index contributed by atoms with van der Waals surface area (Å²) >= 11 is 3.17. The Morgan fingerprint density at radius 3 is 2.65 bits per heavy atom. The van der Waals surface area contributed by atoms with Crippen molar-refractivity contribution >= 4 is 27.5 Å². The normalized spacial score (nSPS) is 10.6. The van der Waals surface area contributed by atoms with Crippen LogP contribution in [0.3, 0.4) is 0 Å². The molecule has 5 nitrogen and oxygen atoms in total. The van der Waals surface area contributed by atoms with E-state index in [2.05, 4.69) is 26.3 Å². The SMILES string of the molecule is Cc1nn(-c2ccccc2)c(C)c1NC(=O)COc1ccc(Br)cc1F. The fourth-order valence-electron chi connectivity index (χ4n) is 2.56. The molecule has 0 saturated carbocycles. The van der Waals surface area contributed by atoms with E-state index in [-0.39, 0.29) is 18.3 Å². The number of aromatic nitrogens is 2. The lowest BCUT2D eigenvalue weighted by molar-refractivity contribution is -0.118. The molecule has 0 aliphatic heterocycles. The van der Waals surface area contributed by atoms with E-state index >= 15 is 0 Å². The molecule has 7 heteroatoms. The number of ether oxygens (including phenoxy) is 1. The molecule has 0 saturated heterocycles. The van der Waals surface area contributed by atoms with Gasteiger partial charge in [-0.1, -0.05) is 34.1 Å². The van der Waals surface area contributed by atoms with Gasteiger partial charge in [0.2, 0.25) is 0 Å². The zero-order chi connectivity index (χ0) is 18.7. The van der Waals surface area contributed by atoms with Gasteiger partial charge in [0.15, 0.2) is 18.2 Å². The van der Waals surface area contributed by atoms with Crippen LogP contribution in [-0.4, -0.2) is 22.3 Å². The van der Waals surface area contributed by atoms with Gasteiger partial charge in [0.05, 0.1) is 22.8 Å². The van der Waals surface area contributed by atoms with E-state index in [1.807, 2.05) is 44.2 Å². The number of rotatable bonds is 5. The van der Waals surface area contributed by atoms with Crippen molar-refractivity contribution in [1.29, 1.82) is 0 Å². The van der Waals surface area contributed by atoms with Gasteiger partial charge in [0.25, 0.3) is 5.91 Å². The number of hydrogen-bond donors (Lipinski definition) is 1. The first kappa shape index (κ1) is 18.1. The maximum absolute atomic E-state index is 13.7. The van der Waals surface area contributed by atoms with Gasteiger partial charge in [0, 0.05) is 4.47 Å². The third-order valence-corrected chi connectivity index (χ3v) is 4.30. The lowest BCUT2D eigenvalue weighted by Gasteiger charge is -2.09. The summed E-state index contributed by atoms with van der Waals surface area (Å²) in [5, 5.41) is 7.26. The summed E-state index contributed by atoms with van der Waals surface area (Å²) < 4.78 is 21.4. The Kier molecular flexibility index (Phi) is 5.37. The average molecular weight is 418 g/mol. The number of anilines is 1. The Balaban J connectivity index is 1.71. The molecule has 0 aliphatic rings. The highest BCUT2D eigenvalue weighted by molar-refractivity contribution is 9.10. The van der Waals surface area contributed by atoms with Gasteiger partial charge in [-0.3, -0.25) is 4.79 Å². The van der Waals surface area contributed by atoms with E-state index < -0.39 is 5.82 Å². The smallest absolute Gasteiger partial charge is 0.262 e. The second-order valence-electron chi connectivity index (χ2n) is 5.70. The summed E-state index contributed by atoms with van der Waals surface area (Å²) in [6.45, 7) is 3.39. The molecule has 0 aliphatic carbocycles. The molecule has 0 fully saturated rings. The highest BCUT2D eigenvalue weighted by Gasteiger charge is 2.16. The molecule has 0 radical (unpaired) electrons. The van der Waals surface area contributed by atoms with E-state index in [1.165, 1.54) is 12.1 Å². The molecular formula is C19H17BrFN3O2. The number of carbonyl (C=O) groups is 1. The molecular weight excluding hydrogens is 401 g/mol. The van der Waals surface area contributed by atoms with E-state index in [9.17, 15) is 9.18 Å². The van der Waals surface area contributed by atoms with Crippen LogP contribution in [0.15, 0.2) is 53.0 Å². The number of para-hydroxylation sites is 1. The number of carbonyl (C=O) groups excluding carboxylic acids is 1. The molecule has 0 spiro atoms. The van der Waals surface area contributed by atoms with Crippen molar-refractivity contribution in [3.8, 4) is 11.4 Å². The third-order valence-electron chi connectivity index (χ3n) is 3.81. The zero-order valence-electron chi connectivity index (χ0n) is 14.3. The van der Waals surface area contributed by atoms with Gasteiger partial charge < -0.3 is 10.1 Å². The van der Waals surface area contributed by atoms with Crippen LogP contribution in [0.1, 0.15) is 11.4 Å². The van der Waals surface area contributed by atoms with E-state index in [0.29, 0.717) is 15.9 Å². The first-order chi connectivity index (χ1) is 12.5. The highest BCUT2D eigenvalue weighted by Crippen LogP contribution is 2.24. The average Bonchev–Trinajstić information content (AvgIpc) is 2.90. The Morgan fingerprint density at radius 2 is 1.96 bits per heavy atom. The monoisotopic (exact) mass is 417 g/mol. The lowest BCUT2D eigenvalue weighted by Crippen LogP contribution is -2.21. The Bertz CT molecular complexity index is 941. The van der Waals surface area contributed by atoms with Crippen LogP contribution in [0.25, 0.3) is 5.69 Å². The van der Waals surface area contributed by atoms with Crippen molar-refractivity contribution in [1.82, 2.24) is 9.78 Å². The Morgan fingerprint density at radius 1 is 1.23 bits per heavy atom. The quantitative estimate of drug-likeness (QED) is 0.668. The minimum Gasteiger partial charge on any atom is -0.481 e. The van der Waals surface area contributed by atoms with Crippen LogP contribution in [0.4, 0.5) is 10.1 Å². The summed E-state index contributed by atoms with van der Waals surface area (Å²) in [6.07, 6.45) is 0. The van der Waals surface area contributed by atoms with Crippen molar-refractivity contribution in [2.75, 3.05) is 11.9 Å². The second-order valence-corrected chi connectivity index (χ2v) is 6.62. The molecule has 1 heterocycles. The lowest BCUT2D eigenvalue weighted by atomic mass is 10.3. The molecule has 0 atom stereocenters. The molecule has 0 bridgehead atoms. The number of hydrogen-bond acceptors (Lipinski definition) is 3. The standard InChI is InChI=1S/C19H17BrFN3O2/c1-12-19(13(2)24(23-12)15-6-4-3-5-7-15)22-18(25)11-26-17-9-8-14(20)10-16(17)21/h3-10H,11H2,1-2H3,(H,22,25). The maximum atomic E-state index is 13.7. The number of halogens is 2. The molecule has 1 amide bonds. The van der Waals surface area contributed by atoms with E-state index in [0.717, 1.165) is 11.4 Å². The number of benzene rings is 2. The second kappa shape index (κ2) is 7.70. The number of nitrogens with zero attached hydrogens (tertiary/aromatic N) is 2. The Labute approximate surface area is 158 Å². The van der Waals surface area contributed by atoms with Gasteiger partial charge in [-0.15, -0.1) is 0 Å². The van der Waals surface area contributed by atoms with Crippen LogP contribution >= 0.6 is 15.9 Å². The minimum atomic E-state index is -0.531. The number of nitrogens with one attached hydrogen (secondary N) is 1. The van der Waals surface area contributed by atoms with Gasteiger partial charge in [-0.25, -0.2) is 9.07 Å². The zero-order valence-corrected chi connectivity index (χ0v) is 15.9. The van der Waals surface area contributed by atoms with Crippen molar-refractivity contribution < 1.29 is 13.9 Å². The third kappa shape index (κ3) is 3.94. The van der Waals surface area contributed by atoms with Crippen molar-refractivity contribution in [2.24, 2.45) is 0 Å². The summed E-state index contributed by atoms with van der Waals surface area (Å²) in [7, 11) is 0. The number of aryl methyl sites for hydroxylation is 1.